The number of nitro groups is 1. The number of hydrogen-bond acceptors (Lipinski definition) is 4. The van der Waals surface area contributed by atoms with Gasteiger partial charge in [-0.3, -0.25) is 14.9 Å². The van der Waals surface area contributed by atoms with Crippen molar-refractivity contribution >= 4 is 12.0 Å². The van der Waals surface area contributed by atoms with Crippen molar-refractivity contribution in [3.05, 3.63) is 33.9 Å². The van der Waals surface area contributed by atoms with Gasteiger partial charge < -0.3 is 4.74 Å². The van der Waals surface area contributed by atoms with Gasteiger partial charge in [0.2, 0.25) is 0 Å². The number of unbranched alkanes of at least 4 members (excludes halogenated alkanes) is 9. The summed E-state index contributed by atoms with van der Waals surface area (Å²) in [6, 6.07) is 4.28. The third kappa shape index (κ3) is 8.09. The van der Waals surface area contributed by atoms with Crippen LogP contribution < -0.4 is 4.74 Å². The van der Waals surface area contributed by atoms with Crippen molar-refractivity contribution in [3.63, 3.8) is 0 Å². The van der Waals surface area contributed by atoms with E-state index in [1.165, 1.54) is 69.6 Å². The number of benzene rings is 1. The van der Waals surface area contributed by atoms with E-state index in [9.17, 15) is 14.9 Å². The fourth-order valence-corrected chi connectivity index (χ4v) is 2.64. The monoisotopic (exact) mass is 335 g/mol. The number of aldehydes is 1. The molecular weight excluding hydrogens is 306 g/mol. The summed E-state index contributed by atoms with van der Waals surface area (Å²) >= 11 is 0. The molecular formula is C19H29NO4. The highest BCUT2D eigenvalue weighted by molar-refractivity contribution is 5.77. The summed E-state index contributed by atoms with van der Waals surface area (Å²) < 4.78 is 5.51. The average molecular weight is 335 g/mol. The second kappa shape index (κ2) is 12.5. The van der Waals surface area contributed by atoms with Crippen molar-refractivity contribution in [2.24, 2.45) is 0 Å². The van der Waals surface area contributed by atoms with E-state index in [0.29, 0.717) is 12.9 Å². The first-order valence-corrected chi connectivity index (χ1v) is 9.05. The van der Waals surface area contributed by atoms with Crippen LogP contribution in [-0.4, -0.2) is 17.8 Å². The minimum Gasteiger partial charge on any atom is -0.487 e. The highest BCUT2D eigenvalue weighted by Crippen LogP contribution is 2.27. The second-order valence-electron chi connectivity index (χ2n) is 6.13. The Balaban J connectivity index is 2.15. The lowest BCUT2D eigenvalue weighted by atomic mass is 10.1. The molecule has 0 saturated heterocycles. The van der Waals surface area contributed by atoms with Gasteiger partial charge in [-0.2, -0.15) is 0 Å². The van der Waals surface area contributed by atoms with Gasteiger partial charge in [-0.15, -0.1) is 0 Å². The second-order valence-corrected chi connectivity index (χ2v) is 6.13. The van der Waals surface area contributed by atoms with E-state index in [1.807, 2.05) is 0 Å². The molecule has 0 aromatic heterocycles. The SMILES string of the molecule is CCCCCCCCCCCCOc1ccc(C=O)cc1[N+](=O)[O-]. The fraction of sp³-hybridized carbons (Fsp3) is 0.632. The van der Waals surface area contributed by atoms with Crippen LogP contribution in [-0.2, 0) is 0 Å². The summed E-state index contributed by atoms with van der Waals surface area (Å²) in [5, 5.41) is 11.0. The molecule has 0 atom stereocenters. The van der Waals surface area contributed by atoms with Crippen molar-refractivity contribution in [2.75, 3.05) is 6.61 Å². The predicted molar refractivity (Wildman–Crippen MR) is 95.8 cm³/mol. The Kier molecular flexibility index (Phi) is 10.5. The quantitative estimate of drug-likeness (QED) is 0.189. The molecule has 0 fully saturated rings. The third-order valence-electron chi connectivity index (χ3n) is 4.07. The van der Waals surface area contributed by atoms with Crippen molar-refractivity contribution < 1.29 is 14.5 Å². The molecule has 0 N–H and O–H groups in total. The Bertz CT molecular complexity index is 502. The molecule has 24 heavy (non-hydrogen) atoms. The van der Waals surface area contributed by atoms with E-state index in [1.54, 1.807) is 0 Å². The molecule has 5 nitrogen and oxygen atoms in total. The van der Waals surface area contributed by atoms with E-state index in [2.05, 4.69) is 6.92 Å². The lowest BCUT2D eigenvalue weighted by Gasteiger charge is -2.07. The van der Waals surface area contributed by atoms with Crippen molar-refractivity contribution in [3.8, 4) is 5.75 Å². The minimum absolute atomic E-state index is 0.147. The minimum atomic E-state index is -0.513. The molecule has 0 bridgehead atoms. The number of ether oxygens (including phenoxy) is 1. The molecule has 5 heteroatoms. The van der Waals surface area contributed by atoms with E-state index < -0.39 is 4.92 Å². The lowest BCUT2D eigenvalue weighted by Crippen LogP contribution is -2.01. The molecule has 0 spiro atoms. The Labute approximate surface area is 144 Å². The van der Waals surface area contributed by atoms with Crippen LogP contribution in [0, 0.1) is 10.1 Å². The highest BCUT2D eigenvalue weighted by atomic mass is 16.6. The van der Waals surface area contributed by atoms with E-state index in [-0.39, 0.29) is 17.0 Å². The fourth-order valence-electron chi connectivity index (χ4n) is 2.64. The summed E-state index contributed by atoms with van der Waals surface area (Å²) in [7, 11) is 0. The molecule has 0 heterocycles. The summed E-state index contributed by atoms with van der Waals surface area (Å²) in [4.78, 5) is 21.2. The number of nitrogens with zero attached hydrogens (tertiary/aromatic N) is 1. The maximum Gasteiger partial charge on any atom is 0.311 e. The summed E-state index contributed by atoms with van der Waals surface area (Å²) in [5.74, 6) is 0.238. The number of carbonyl (C=O) groups excluding carboxylic acids is 1. The molecule has 0 amide bonds. The van der Waals surface area contributed by atoms with E-state index >= 15 is 0 Å². The van der Waals surface area contributed by atoms with Crippen molar-refractivity contribution in [2.45, 2.75) is 71.1 Å². The third-order valence-corrected chi connectivity index (χ3v) is 4.07. The lowest BCUT2D eigenvalue weighted by molar-refractivity contribution is -0.385. The first-order chi connectivity index (χ1) is 11.7. The van der Waals surface area contributed by atoms with Gasteiger partial charge in [0.05, 0.1) is 11.5 Å². The smallest absolute Gasteiger partial charge is 0.311 e. The van der Waals surface area contributed by atoms with Gasteiger partial charge in [0.25, 0.3) is 0 Å². The Morgan fingerprint density at radius 1 is 1.00 bits per heavy atom. The molecule has 1 rings (SSSR count). The Morgan fingerprint density at radius 3 is 2.12 bits per heavy atom. The average Bonchev–Trinajstić information content (AvgIpc) is 2.59. The van der Waals surface area contributed by atoms with Gasteiger partial charge >= 0.3 is 5.69 Å². The Hall–Kier alpha value is -1.91. The van der Waals surface area contributed by atoms with Crippen LogP contribution in [0.1, 0.15) is 81.5 Å². The first kappa shape index (κ1) is 20.1. The van der Waals surface area contributed by atoms with Crippen LogP contribution in [0.2, 0.25) is 0 Å². The summed E-state index contributed by atoms with van der Waals surface area (Å²) in [6.07, 6.45) is 13.0. The largest absolute Gasteiger partial charge is 0.487 e. The molecule has 1 aromatic rings. The van der Waals surface area contributed by atoms with Crippen molar-refractivity contribution in [1.82, 2.24) is 0 Å². The van der Waals surface area contributed by atoms with Crippen LogP contribution in [0.5, 0.6) is 5.75 Å². The maximum atomic E-state index is 11.0. The van der Waals surface area contributed by atoms with Gasteiger partial charge in [0.15, 0.2) is 5.75 Å². The molecule has 0 aliphatic carbocycles. The first-order valence-electron chi connectivity index (χ1n) is 9.05. The van der Waals surface area contributed by atoms with Crippen LogP contribution >= 0.6 is 0 Å². The van der Waals surface area contributed by atoms with Crippen molar-refractivity contribution in [1.29, 1.82) is 0 Å². The highest BCUT2D eigenvalue weighted by Gasteiger charge is 2.15. The van der Waals surface area contributed by atoms with Gasteiger partial charge in [0.1, 0.15) is 6.29 Å². The molecule has 0 aliphatic rings. The topological polar surface area (TPSA) is 69.4 Å². The van der Waals surface area contributed by atoms with Gasteiger partial charge in [0, 0.05) is 11.6 Å². The molecule has 0 aliphatic heterocycles. The van der Waals surface area contributed by atoms with E-state index in [0.717, 1.165) is 12.8 Å². The van der Waals surface area contributed by atoms with Crippen LogP contribution in [0.15, 0.2) is 18.2 Å². The van der Waals surface area contributed by atoms with Gasteiger partial charge in [-0.05, 0) is 18.6 Å². The normalized spacial score (nSPS) is 10.5. The summed E-state index contributed by atoms with van der Waals surface area (Å²) in [6.45, 7) is 2.70. The maximum absolute atomic E-state index is 11.0. The van der Waals surface area contributed by atoms with Crippen LogP contribution in [0.3, 0.4) is 0 Å². The number of hydrogen-bond donors (Lipinski definition) is 0. The standard InChI is InChI=1S/C19H29NO4/c1-2-3-4-5-6-7-8-9-10-11-14-24-19-13-12-17(16-21)15-18(19)20(22)23/h12-13,15-16H,2-11,14H2,1H3. The van der Waals surface area contributed by atoms with Crippen LogP contribution in [0.25, 0.3) is 0 Å². The molecule has 0 radical (unpaired) electrons. The molecule has 1 aromatic carbocycles. The zero-order chi connectivity index (χ0) is 17.6. The summed E-state index contributed by atoms with van der Waals surface area (Å²) in [5.41, 5.74) is 0.139. The van der Waals surface area contributed by atoms with Gasteiger partial charge in [-0.25, -0.2) is 0 Å². The number of rotatable bonds is 14. The Morgan fingerprint density at radius 2 is 1.58 bits per heavy atom. The van der Waals surface area contributed by atoms with E-state index in [4.69, 9.17) is 4.74 Å². The number of carbonyl (C=O) groups is 1. The molecule has 134 valence electrons. The molecule has 0 unspecified atom stereocenters. The van der Waals surface area contributed by atoms with Gasteiger partial charge in [-0.1, -0.05) is 64.7 Å². The molecule has 0 saturated carbocycles. The predicted octanol–water partition coefficient (Wildman–Crippen LogP) is 5.71. The van der Waals surface area contributed by atoms with Crippen LogP contribution in [0.4, 0.5) is 5.69 Å². The zero-order valence-electron chi connectivity index (χ0n) is 14.7. The zero-order valence-corrected chi connectivity index (χ0v) is 14.7. The number of nitro benzene ring substituents is 1.